The number of rotatable bonds is 2. The van der Waals surface area contributed by atoms with Gasteiger partial charge in [-0.3, -0.25) is 4.79 Å². The molecule has 0 heterocycles. The Balaban J connectivity index is 3.48. The molecule has 0 atom stereocenters. The maximum Gasteiger partial charge on any atom is 0.328 e. The van der Waals surface area contributed by atoms with Crippen molar-refractivity contribution in [3.63, 3.8) is 0 Å². The van der Waals surface area contributed by atoms with E-state index in [1.165, 1.54) is 12.3 Å². The highest BCUT2D eigenvalue weighted by Crippen LogP contribution is 2.01. The molecule has 0 rings (SSSR count). The Labute approximate surface area is 56.7 Å². The van der Waals surface area contributed by atoms with Crippen molar-refractivity contribution in [2.45, 2.75) is 6.92 Å². The van der Waals surface area contributed by atoms with Crippen molar-refractivity contribution < 1.29 is 14.7 Å². The van der Waals surface area contributed by atoms with Gasteiger partial charge in [0.1, 0.15) is 0 Å². The van der Waals surface area contributed by atoms with E-state index in [9.17, 15) is 9.59 Å². The predicted molar refractivity (Wildman–Crippen MR) is 35.0 cm³/mol. The molecule has 0 aliphatic heterocycles. The van der Waals surface area contributed by atoms with Crippen LogP contribution < -0.4 is 0 Å². The molecule has 1 N–H and O–H groups in total. The highest BCUT2D eigenvalue weighted by molar-refractivity contribution is 8.16. The van der Waals surface area contributed by atoms with Gasteiger partial charge in [0.05, 0.1) is 0 Å². The highest BCUT2D eigenvalue weighted by Gasteiger charge is 1.88. The SMILES string of the molecule is CC(=O)S/C=C/C(=O)O. The van der Waals surface area contributed by atoms with Gasteiger partial charge in [0.2, 0.25) is 0 Å². The van der Waals surface area contributed by atoms with Crippen LogP contribution in [0.2, 0.25) is 0 Å². The molecule has 50 valence electrons. The van der Waals surface area contributed by atoms with Crippen molar-refractivity contribution >= 4 is 22.8 Å². The quantitative estimate of drug-likeness (QED) is 0.587. The fourth-order valence-electron chi connectivity index (χ4n) is 0.188. The summed E-state index contributed by atoms with van der Waals surface area (Å²) in [5.74, 6) is -1.04. The van der Waals surface area contributed by atoms with Gasteiger partial charge in [-0.1, -0.05) is 11.8 Å². The summed E-state index contributed by atoms with van der Waals surface area (Å²) in [6.07, 6.45) is 0.923. The normalized spacial score (nSPS) is 9.89. The molecule has 3 nitrogen and oxygen atoms in total. The van der Waals surface area contributed by atoms with E-state index in [0.717, 1.165) is 17.8 Å². The summed E-state index contributed by atoms with van der Waals surface area (Å²) in [7, 11) is 0. The molecule has 0 saturated carbocycles. The summed E-state index contributed by atoms with van der Waals surface area (Å²) in [5.41, 5.74) is 0. The Morgan fingerprint density at radius 3 is 2.44 bits per heavy atom. The lowest BCUT2D eigenvalue weighted by atomic mass is 10.7. The molecule has 0 saturated heterocycles. The van der Waals surface area contributed by atoms with Crippen molar-refractivity contribution in [2.24, 2.45) is 0 Å². The van der Waals surface area contributed by atoms with Crippen LogP contribution in [0.15, 0.2) is 11.5 Å². The molecule has 0 amide bonds. The van der Waals surface area contributed by atoms with Gasteiger partial charge >= 0.3 is 5.97 Å². The van der Waals surface area contributed by atoms with Crippen LogP contribution in [-0.4, -0.2) is 16.2 Å². The first-order valence-corrected chi connectivity index (χ1v) is 3.07. The van der Waals surface area contributed by atoms with Crippen LogP contribution in [-0.2, 0) is 9.59 Å². The lowest BCUT2D eigenvalue weighted by Crippen LogP contribution is -1.85. The molecule has 0 aromatic rings. The minimum atomic E-state index is -1.04. The van der Waals surface area contributed by atoms with Gasteiger partial charge in [-0.05, 0) is 5.41 Å². The zero-order valence-corrected chi connectivity index (χ0v) is 5.64. The van der Waals surface area contributed by atoms with E-state index in [0.29, 0.717) is 0 Å². The van der Waals surface area contributed by atoms with Crippen molar-refractivity contribution in [1.82, 2.24) is 0 Å². The second-order valence-corrected chi connectivity index (χ2v) is 2.33. The Morgan fingerprint density at radius 2 is 2.11 bits per heavy atom. The van der Waals surface area contributed by atoms with Crippen LogP contribution >= 0.6 is 11.8 Å². The van der Waals surface area contributed by atoms with E-state index in [1.54, 1.807) is 0 Å². The Bertz CT molecular complexity index is 150. The van der Waals surface area contributed by atoms with Crippen molar-refractivity contribution in [3.05, 3.63) is 11.5 Å². The molecular formula is C5H6O3S. The summed E-state index contributed by atoms with van der Waals surface area (Å²) in [4.78, 5) is 19.9. The number of hydrogen-bond acceptors (Lipinski definition) is 3. The Morgan fingerprint density at radius 1 is 1.56 bits per heavy atom. The van der Waals surface area contributed by atoms with Gasteiger partial charge in [0.25, 0.3) is 0 Å². The number of carbonyl (C=O) groups is 2. The number of carbonyl (C=O) groups excluding carboxylic acids is 1. The molecule has 0 aromatic heterocycles. The number of hydrogen-bond donors (Lipinski definition) is 1. The molecule has 4 heteroatoms. The standard InChI is InChI=1S/C5H6O3S/c1-4(6)9-3-2-5(7)8/h2-3H,1H3,(H,7,8)/b3-2+. The number of carboxylic acids is 1. The third-order valence-corrected chi connectivity index (χ3v) is 1.05. The van der Waals surface area contributed by atoms with Crippen molar-refractivity contribution in [1.29, 1.82) is 0 Å². The van der Waals surface area contributed by atoms with E-state index in [2.05, 4.69) is 0 Å². The molecular weight excluding hydrogens is 140 g/mol. The average molecular weight is 146 g/mol. The molecule has 0 unspecified atom stereocenters. The minimum Gasteiger partial charge on any atom is -0.478 e. The molecule has 0 aromatic carbocycles. The second kappa shape index (κ2) is 4.14. The molecule has 0 fully saturated rings. The third kappa shape index (κ3) is 7.23. The van der Waals surface area contributed by atoms with E-state index >= 15 is 0 Å². The maximum atomic E-state index is 10.1. The lowest BCUT2D eigenvalue weighted by molar-refractivity contribution is -0.131. The lowest BCUT2D eigenvalue weighted by Gasteiger charge is -1.80. The first-order chi connectivity index (χ1) is 4.13. The maximum absolute atomic E-state index is 10.1. The number of carboxylic acid groups (broad SMARTS) is 1. The van der Waals surface area contributed by atoms with Gasteiger partial charge in [-0.2, -0.15) is 0 Å². The molecule has 0 aliphatic carbocycles. The van der Waals surface area contributed by atoms with E-state index in [1.807, 2.05) is 0 Å². The predicted octanol–water partition coefficient (Wildman–Crippen LogP) is 0.864. The summed E-state index contributed by atoms with van der Waals surface area (Å²) in [6, 6.07) is 0. The van der Waals surface area contributed by atoms with Gasteiger partial charge in [0, 0.05) is 13.0 Å². The molecule has 9 heavy (non-hydrogen) atoms. The Kier molecular flexibility index (Phi) is 3.79. The summed E-state index contributed by atoms with van der Waals surface area (Å²) < 4.78 is 0. The summed E-state index contributed by atoms with van der Waals surface area (Å²) >= 11 is 0.859. The first-order valence-electron chi connectivity index (χ1n) is 2.19. The van der Waals surface area contributed by atoms with Gasteiger partial charge < -0.3 is 5.11 Å². The smallest absolute Gasteiger partial charge is 0.328 e. The molecule has 0 radical (unpaired) electrons. The minimum absolute atomic E-state index is 0.118. The Hall–Kier alpha value is -0.770. The zero-order chi connectivity index (χ0) is 7.28. The fourth-order valence-corrected chi connectivity index (χ4v) is 0.564. The third-order valence-electron chi connectivity index (χ3n) is 0.445. The topological polar surface area (TPSA) is 54.4 Å². The van der Waals surface area contributed by atoms with Crippen molar-refractivity contribution in [2.75, 3.05) is 0 Å². The number of thioether (sulfide) groups is 1. The fraction of sp³-hybridized carbons (Fsp3) is 0.200. The summed E-state index contributed by atoms with van der Waals surface area (Å²) in [6.45, 7) is 1.37. The van der Waals surface area contributed by atoms with Gasteiger partial charge in [-0.25, -0.2) is 4.79 Å². The average Bonchev–Trinajstić information content (AvgIpc) is 1.63. The zero-order valence-electron chi connectivity index (χ0n) is 4.83. The largest absolute Gasteiger partial charge is 0.478 e. The van der Waals surface area contributed by atoms with E-state index in [4.69, 9.17) is 5.11 Å². The van der Waals surface area contributed by atoms with Crippen LogP contribution in [0.3, 0.4) is 0 Å². The van der Waals surface area contributed by atoms with E-state index in [-0.39, 0.29) is 5.12 Å². The van der Waals surface area contributed by atoms with Crippen LogP contribution in [0.25, 0.3) is 0 Å². The van der Waals surface area contributed by atoms with Crippen LogP contribution in [0, 0.1) is 0 Å². The van der Waals surface area contributed by atoms with Gasteiger partial charge in [0.15, 0.2) is 5.12 Å². The highest BCUT2D eigenvalue weighted by atomic mass is 32.2. The second-order valence-electron chi connectivity index (χ2n) is 1.25. The first kappa shape index (κ1) is 8.23. The van der Waals surface area contributed by atoms with Crippen LogP contribution in [0.4, 0.5) is 0 Å². The van der Waals surface area contributed by atoms with Crippen molar-refractivity contribution in [3.8, 4) is 0 Å². The molecule has 0 aliphatic rings. The number of aliphatic carboxylic acids is 1. The monoisotopic (exact) mass is 146 g/mol. The molecule has 0 spiro atoms. The van der Waals surface area contributed by atoms with Crippen LogP contribution in [0.5, 0.6) is 0 Å². The van der Waals surface area contributed by atoms with E-state index < -0.39 is 5.97 Å². The van der Waals surface area contributed by atoms with Gasteiger partial charge in [-0.15, -0.1) is 0 Å². The van der Waals surface area contributed by atoms with Crippen LogP contribution in [0.1, 0.15) is 6.92 Å². The summed E-state index contributed by atoms with van der Waals surface area (Å²) in [5, 5.41) is 9.14. The molecule has 0 bridgehead atoms.